The average molecular weight is 527 g/mol. The van der Waals surface area contributed by atoms with Crippen LogP contribution in [0, 0.1) is 32.1 Å². The number of fused-ring (bicyclic) bond motifs is 1. The van der Waals surface area contributed by atoms with E-state index in [1.165, 1.54) is 27.8 Å². The molecular formula is C32H38N4O3. The quantitative estimate of drug-likeness (QED) is 0.430. The van der Waals surface area contributed by atoms with Gasteiger partial charge in [-0.2, -0.15) is 5.26 Å². The van der Waals surface area contributed by atoms with Gasteiger partial charge in [-0.1, -0.05) is 29.8 Å². The summed E-state index contributed by atoms with van der Waals surface area (Å²) in [5, 5.41) is 12.6. The van der Waals surface area contributed by atoms with E-state index < -0.39 is 11.5 Å². The third kappa shape index (κ3) is 5.23. The number of piperidine rings is 2. The zero-order valence-electron chi connectivity index (χ0n) is 23.3. The summed E-state index contributed by atoms with van der Waals surface area (Å²) in [5.41, 5.74) is 7.41. The highest BCUT2D eigenvalue weighted by Gasteiger charge is 2.40. The lowest BCUT2D eigenvalue weighted by Gasteiger charge is -2.39. The van der Waals surface area contributed by atoms with Crippen LogP contribution in [-0.4, -0.2) is 53.2 Å². The van der Waals surface area contributed by atoms with Gasteiger partial charge in [0.15, 0.2) is 0 Å². The fourth-order valence-electron chi connectivity index (χ4n) is 7.05. The molecule has 5 rings (SSSR count). The molecule has 39 heavy (non-hydrogen) atoms. The van der Waals surface area contributed by atoms with Crippen molar-refractivity contribution in [2.24, 2.45) is 0 Å². The lowest BCUT2D eigenvalue weighted by molar-refractivity contribution is -0.136. The molecule has 0 bridgehead atoms. The van der Waals surface area contributed by atoms with Gasteiger partial charge in [0.2, 0.25) is 11.8 Å². The van der Waals surface area contributed by atoms with E-state index in [-0.39, 0.29) is 24.1 Å². The van der Waals surface area contributed by atoms with Gasteiger partial charge in [0.05, 0.1) is 11.5 Å². The van der Waals surface area contributed by atoms with Crippen molar-refractivity contribution in [3.05, 3.63) is 69.3 Å². The van der Waals surface area contributed by atoms with Crippen molar-refractivity contribution in [1.82, 2.24) is 15.1 Å². The SMILES string of the molecule is Cc1cc(C)c(C2(C#N)CCN(CCCCc3cccc4c3CN(C3CCC(=O)NC3=O)C4=O)CC2)c(C)c1. The number of unbranched alkanes of at least 4 members (excludes halogenated alkanes) is 1. The van der Waals surface area contributed by atoms with Crippen LogP contribution in [0.1, 0.15) is 82.3 Å². The Hall–Kier alpha value is -3.50. The lowest BCUT2D eigenvalue weighted by Crippen LogP contribution is -2.52. The monoisotopic (exact) mass is 526 g/mol. The van der Waals surface area contributed by atoms with Gasteiger partial charge in [-0.15, -0.1) is 0 Å². The van der Waals surface area contributed by atoms with Crippen molar-refractivity contribution in [2.75, 3.05) is 19.6 Å². The van der Waals surface area contributed by atoms with E-state index in [2.05, 4.69) is 55.3 Å². The zero-order valence-corrected chi connectivity index (χ0v) is 23.3. The Morgan fingerprint density at radius 2 is 1.77 bits per heavy atom. The molecule has 2 aromatic rings. The van der Waals surface area contributed by atoms with Crippen molar-refractivity contribution in [1.29, 1.82) is 5.26 Å². The van der Waals surface area contributed by atoms with E-state index in [0.717, 1.165) is 57.3 Å². The maximum Gasteiger partial charge on any atom is 0.255 e. The molecule has 3 aliphatic heterocycles. The average Bonchev–Trinajstić information content (AvgIpc) is 3.23. The summed E-state index contributed by atoms with van der Waals surface area (Å²) >= 11 is 0. The van der Waals surface area contributed by atoms with Crippen molar-refractivity contribution < 1.29 is 14.4 Å². The van der Waals surface area contributed by atoms with Crippen LogP contribution in [0.2, 0.25) is 0 Å². The predicted molar refractivity (Wildman–Crippen MR) is 149 cm³/mol. The standard InChI is InChI=1S/C32H38N4O3/c1-21-17-22(2)29(23(3)18-21)32(20-33)12-15-35(16-13-32)14-5-4-7-24-8-6-9-25-26(24)19-36(31(25)39)27-10-11-28(37)34-30(27)38/h6,8-9,17-18,27H,4-5,7,10-16,19H2,1-3H3,(H,34,37,38). The summed E-state index contributed by atoms with van der Waals surface area (Å²) in [6.07, 6.45) is 5.32. The number of imide groups is 1. The molecule has 0 radical (unpaired) electrons. The number of carbonyl (C=O) groups is 3. The molecule has 0 aliphatic carbocycles. The Balaban J connectivity index is 1.15. The van der Waals surface area contributed by atoms with E-state index in [0.29, 0.717) is 18.5 Å². The number of amides is 3. The molecule has 2 saturated heterocycles. The highest BCUT2D eigenvalue weighted by Crippen LogP contribution is 2.39. The molecule has 2 fully saturated rings. The molecule has 7 nitrogen and oxygen atoms in total. The van der Waals surface area contributed by atoms with Crippen LogP contribution >= 0.6 is 0 Å². The summed E-state index contributed by atoms with van der Waals surface area (Å²) in [6, 6.07) is 12.4. The van der Waals surface area contributed by atoms with Gasteiger partial charge < -0.3 is 9.80 Å². The minimum atomic E-state index is -0.581. The number of hydrogen-bond donors (Lipinski definition) is 1. The molecule has 0 spiro atoms. The smallest absolute Gasteiger partial charge is 0.255 e. The minimum absolute atomic E-state index is 0.116. The van der Waals surface area contributed by atoms with E-state index in [4.69, 9.17) is 0 Å². The zero-order chi connectivity index (χ0) is 27.7. The maximum absolute atomic E-state index is 13.1. The molecule has 3 amide bonds. The second-order valence-corrected chi connectivity index (χ2v) is 11.6. The Kier molecular flexibility index (Phi) is 7.59. The van der Waals surface area contributed by atoms with E-state index in [1.54, 1.807) is 4.90 Å². The van der Waals surface area contributed by atoms with E-state index in [1.807, 2.05) is 12.1 Å². The van der Waals surface area contributed by atoms with Crippen LogP contribution in [0.3, 0.4) is 0 Å². The summed E-state index contributed by atoms with van der Waals surface area (Å²) < 4.78 is 0. The van der Waals surface area contributed by atoms with Crippen molar-refractivity contribution in [3.8, 4) is 6.07 Å². The van der Waals surface area contributed by atoms with Crippen LogP contribution in [0.4, 0.5) is 0 Å². The first-order valence-corrected chi connectivity index (χ1v) is 14.2. The second kappa shape index (κ2) is 10.9. The molecule has 0 saturated carbocycles. The number of nitrogens with one attached hydrogen (secondary N) is 1. The number of benzene rings is 2. The molecule has 2 aromatic carbocycles. The predicted octanol–water partition coefficient (Wildman–Crippen LogP) is 4.25. The lowest BCUT2D eigenvalue weighted by atomic mass is 9.70. The molecule has 3 aliphatic rings. The molecule has 7 heteroatoms. The van der Waals surface area contributed by atoms with E-state index >= 15 is 0 Å². The van der Waals surface area contributed by atoms with Crippen LogP contribution in [0.25, 0.3) is 0 Å². The van der Waals surface area contributed by atoms with Gasteiger partial charge >= 0.3 is 0 Å². The molecule has 204 valence electrons. The largest absolute Gasteiger partial charge is 0.322 e. The Bertz CT molecular complexity index is 1330. The number of nitrogens with zero attached hydrogens (tertiary/aromatic N) is 3. The van der Waals surface area contributed by atoms with Gasteiger partial charge in [0.25, 0.3) is 5.91 Å². The molecule has 1 unspecified atom stereocenters. The maximum atomic E-state index is 13.1. The first-order valence-electron chi connectivity index (χ1n) is 14.2. The second-order valence-electron chi connectivity index (χ2n) is 11.6. The molecular weight excluding hydrogens is 488 g/mol. The summed E-state index contributed by atoms with van der Waals surface area (Å²) in [4.78, 5) is 41.1. The molecule has 0 aromatic heterocycles. The number of likely N-dealkylation sites (tertiary alicyclic amines) is 1. The van der Waals surface area contributed by atoms with Gasteiger partial charge in [0, 0.05) is 18.5 Å². The van der Waals surface area contributed by atoms with Gasteiger partial charge in [-0.25, -0.2) is 0 Å². The molecule has 1 N–H and O–H groups in total. The Labute approximate surface area is 231 Å². The van der Waals surface area contributed by atoms with Crippen molar-refractivity contribution >= 4 is 17.7 Å². The number of carbonyl (C=O) groups excluding carboxylic acids is 3. The summed E-state index contributed by atoms with van der Waals surface area (Å²) in [7, 11) is 0. The number of hydrogen-bond acceptors (Lipinski definition) is 5. The molecule has 3 heterocycles. The third-order valence-electron chi connectivity index (χ3n) is 8.93. The minimum Gasteiger partial charge on any atom is -0.322 e. The summed E-state index contributed by atoms with van der Waals surface area (Å²) in [5.74, 6) is -0.758. The topological polar surface area (TPSA) is 93.5 Å². The van der Waals surface area contributed by atoms with Crippen LogP contribution in [0.5, 0.6) is 0 Å². The van der Waals surface area contributed by atoms with Crippen molar-refractivity contribution in [3.63, 3.8) is 0 Å². The van der Waals surface area contributed by atoms with Crippen molar-refractivity contribution in [2.45, 2.75) is 83.7 Å². The Morgan fingerprint density at radius 1 is 1.05 bits per heavy atom. The fourth-order valence-corrected chi connectivity index (χ4v) is 7.05. The number of rotatable bonds is 7. The van der Waals surface area contributed by atoms with Crippen LogP contribution in [-0.2, 0) is 28.0 Å². The highest BCUT2D eigenvalue weighted by atomic mass is 16.2. The number of nitriles is 1. The number of aryl methyl sites for hydroxylation is 4. The van der Waals surface area contributed by atoms with Crippen LogP contribution < -0.4 is 5.32 Å². The molecule has 1 atom stereocenters. The van der Waals surface area contributed by atoms with Gasteiger partial charge in [0.1, 0.15) is 6.04 Å². The fraction of sp³-hybridized carbons (Fsp3) is 0.500. The Morgan fingerprint density at radius 3 is 2.44 bits per heavy atom. The first kappa shape index (κ1) is 27.1. The van der Waals surface area contributed by atoms with Gasteiger partial charge in [-0.05, 0) is 113 Å². The first-order chi connectivity index (χ1) is 18.7. The highest BCUT2D eigenvalue weighted by molar-refractivity contribution is 6.05. The third-order valence-corrected chi connectivity index (χ3v) is 8.93. The van der Waals surface area contributed by atoms with Crippen LogP contribution in [0.15, 0.2) is 30.3 Å². The van der Waals surface area contributed by atoms with Gasteiger partial charge in [-0.3, -0.25) is 19.7 Å². The summed E-state index contributed by atoms with van der Waals surface area (Å²) in [6.45, 7) is 9.67. The normalized spacial score (nSPS) is 21.0. The van der Waals surface area contributed by atoms with E-state index in [9.17, 15) is 19.6 Å².